The molecule has 1 aliphatic heterocycles. The van der Waals surface area contributed by atoms with E-state index in [9.17, 15) is 4.79 Å². The van der Waals surface area contributed by atoms with Gasteiger partial charge in [0.25, 0.3) is 0 Å². The van der Waals surface area contributed by atoms with E-state index in [-0.39, 0.29) is 30.3 Å². The van der Waals surface area contributed by atoms with E-state index in [0.29, 0.717) is 25.6 Å². The first-order valence-corrected chi connectivity index (χ1v) is 9.51. The second kappa shape index (κ2) is 12.1. The molecule has 2 unspecified atom stereocenters. The van der Waals surface area contributed by atoms with Crippen LogP contribution in [0.4, 0.5) is 0 Å². The fourth-order valence-electron chi connectivity index (χ4n) is 3.08. The minimum Gasteiger partial charge on any atom is -0.493 e. The Bertz CT molecular complexity index is 579. The van der Waals surface area contributed by atoms with E-state index < -0.39 is 6.04 Å². The van der Waals surface area contributed by atoms with E-state index in [1.165, 1.54) is 0 Å². The smallest absolute Gasteiger partial charge is 0.237 e. The topological polar surface area (TPSA) is 82.8 Å². The summed E-state index contributed by atoms with van der Waals surface area (Å²) in [5.74, 6) is 1.46. The Labute approximate surface area is 168 Å². The van der Waals surface area contributed by atoms with Crippen LogP contribution >= 0.6 is 12.4 Å². The predicted molar refractivity (Wildman–Crippen MR) is 109 cm³/mol. The van der Waals surface area contributed by atoms with E-state index >= 15 is 0 Å². The number of nitrogens with one attached hydrogen (secondary N) is 1. The van der Waals surface area contributed by atoms with Crippen molar-refractivity contribution in [1.29, 1.82) is 0 Å². The fourth-order valence-corrected chi connectivity index (χ4v) is 3.08. The zero-order valence-corrected chi connectivity index (χ0v) is 17.3. The molecule has 0 radical (unpaired) electrons. The number of benzene rings is 1. The molecule has 0 saturated carbocycles. The van der Waals surface area contributed by atoms with Crippen molar-refractivity contribution < 1.29 is 19.0 Å². The summed E-state index contributed by atoms with van der Waals surface area (Å²) < 4.78 is 16.5. The Morgan fingerprint density at radius 2 is 2.04 bits per heavy atom. The van der Waals surface area contributed by atoms with Crippen molar-refractivity contribution in [3.8, 4) is 11.5 Å². The van der Waals surface area contributed by atoms with Crippen molar-refractivity contribution in [2.24, 2.45) is 11.7 Å². The molecule has 27 heavy (non-hydrogen) atoms. The van der Waals surface area contributed by atoms with Crippen molar-refractivity contribution in [3.63, 3.8) is 0 Å². The zero-order chi connectivity index (χ0) is 18.9. The van der Waals surface area contributed by atoms with Gasteiger partial charge in [-0.25, -0.2) is 0 Å². The van der Waals surface area contributed by atoms with Crippen LogP contribution in [-0.2, 0) is 9.53 Å². The Morgan fingerprint density at radius 3 is 2.67 bits per heavy atom. The molecule has 6 nitrogen and oxygen atoms in total. The summed E-state index contributed by atoms with van der Waals surface area (Å²) in [6.45, 7) is 6.09. The molecule has 0 bridgehead atoms. The van der Waals surface area contributed by atoms with Crippen LogP contribution < -0.4 is 20.5 Å². The minimum atomic E-state index is -0.500. The predicted octanol–water partition coefficient (Wildman–Crippen LogP) is 3.23. The number of hydrogen-bond donors (Lipinski definition) is 2. The average molecular weight is 401 g/mol. The first kappa shape index (κ1) is 23.5. The lowest BCUT2D eigenvalue weighted by atomic mass is 9.91. The van der Waals surface area contributed by atoms with Crippen molar-refractivity contribution in [1.82, 2.24) is 5.32 Å². The molecule has 1 aromatic rings. The van der Waals surface area contributed by atoms with Crippen molar-refractivity contribution in [3.05, 3.63) is 23.8 Å². The Balaban J connectivity index is 0.00000364. The summed E-state index contributed by atoms with van der Waals surface area (Å²) in [6.07, 6.45) is 3.75. The number of hydrogen-bond acceptors (Lipinski definition) is 5. The average Bonchev–Trinajstić information content (AvgIpc) is 2.68. The number of nitrogens with two attached hydrogens (primary N) is 1. The number of halogens is 1. The molecule has 1 aromatic carbocycles. The molecule has 2 rings (SSSR count). The second-order valence-electron chi connectivity index (χ2n) is 6.82. The maximum Gasteiger partial charge on any atom is 0.237 e. The van der Waals surface area contributed by atoms with Gasteiger partial charge in [-0.2, -0.15) is 0 Å². The van der Waals surface area contributed by atoms with Crippen LogP contribution in [0.5, 0.6) is 11.5 Å². The summed E-state index contributed by atoms with van der Waals surface area (Å²) in [5, 5.41) is 3.02. The highest BCUT2D eigenvalue weighted by Crippen LogP contribution is 2.30. The molecule has 1 fully saturated rings. The van der Waals surface area contributed by atoms with Gasteiger partial charge in [-0.05, 0) is 49.8 Å². The summed E-state index contributed by atoms with van der Waals surface area (Å²) in [6, 6.07) is 5.10. The molecular weight excluding hydrogens is 368 g/mol. The number of amides is 1. The van der Waals surface area contributed by atoms with Crippen LogP contribution in [0.25, 0.3) is 0 Å². The fraction of sp³-hybridized carbons (Fsp3) is 0.650. The first-order valence-electron chi connectivity index (χ1n) is 9.51. The van der Waals surface area contributed by atoms with Crippen LogP contribution in [0.2, 0.25) is 0 Å². The van der Waals surface area contributed by atoms with Gasteiger partial charge in [0.15, 0.2) is 11.5 Å². The molecule has 3 N–H and O–H groups in total. The molecule has 0 aliphatic carbocycles. The quantitative estimate of drug-likeness (QED) is 0.622. The zero-order valence-electron chi connectivity index (χ0n) is 16.5. The Morgan fingerprint density at radius 1 is 1.33 bits per heavy atom. The van der Waals surface area contributed by atoms with Gasteiger partial charge in [-0.1, -0.05) is 19.4 Å². The lowest BCUT2D eigenvalue weighted by Crippen LogP contribution is -2.47. The maximum absolute atomic E-state index is 12.5. The number of ether oxygens (including phenoxy) is 3. The molecular formula is C20H33ClN2O4. The number of methoxy groups -OCH3 is 1. The van der Waals surface area contributed by atoms with Crippen LogP contribution in [-0.4, -0.2) is 38.9 Å². The highest BCUT2D eigenvalue weighted by atomic mass is 35.5. The van der Waals surface area contributed by atoms with Gasteiger partial charge in [0.05, 0.1) is 25.8 Å². The molecule has 1 heterocycles. The van der Waals surface area contributed by atoms with Gasteiger partial charge in [0, 0.05) is 13.2 Å². The van der Waals surface area contributed by atoms with Crippen LogP contribution in [0.15, 0.2) is 18.2 Å². The number of carbonyl (C=O) groups excluding carboxylic acids is 1. The number of carbonyl (C=O) groups is 1. The first-order chi connectivity index (χ1) is 12.6. The van der Waals surface area contributed by atoms with Crippen LogP contribution in [0.1, 0.15) is 51.1 Å². The Kier molecular flexibility index (Phi) is 10.5. The van der Waals surface area contributed by atoms with Crippen molar-refractivity contribution >= 4 is 18.3 Å². The lowest BCUT2D eigenvalue weighted by molar-refractivity contribution is -0.125. The molecule has 7 heteroatoms. The number of rotatable bonds is 9. The highest BCUT2D eigenvalue weighted by molar-refractivity contribution is 5.85. The monoisotopic (exact) mass is 400 g/mol. The number of unbranched alkanes of at least 4 members (excludes halogenated alkanes) is 1. The molecule has 0 spiro atoms. The molecule has 1 saturated heterocycles. The summed E-state index contributed by atoms with van der Waals surface area (Å²) in [5.41, 5.74) is 7.11. The van der Waals surface area contributed by atoms with Gasteiger partial charge < -0.3 is 25.3 Å². The standard InChI is InChI=1S/C20H32N2O4.ClH/c1-4-5-10-26-17-7-6-16(13-18(17)24-3)14(2)22-20(23)19(21)15-8-11-25-12-9-15;/h6-7,13-15,19H,4-5,8-12,21H2,1-3H3,(H,22,23);1H. The molecule has 1 amide bonds. The van der Waals surface area contributed by atoms with E-state index in [1.54, 1.807) is 7.11 Å². The third kappa shape index (κ3) is 6.87. The van der Waals surface area contributed by atoms with Gasteiger partial charge in [0.1, 0.15) is 0 Å². The van der Waals surface area contributed by atoms with Crippen molar-refractivity contribution in [2.75, 3.05) is 26.9 Å². The van der Waals surface area contributed by atoms with E-state index in [4.69, 9.17) is 19.9 Å². The van der Waals surface area contributed by atoms with Gasteiger partial charge in [-0.15, -0.1) is 12.4 Å². The third-order valence-electron chi connectivity index (χ3n) is 4.88. The lowest BCUT2D eigenvalue weighted by Gasteiger charge is -2.28. The van der Waals surface area contributed by atoms with Crippen molar-refractivity contribution in [2.45, 2.75) is 51.6 Å². The van der Waals surface area contributed by atoms with Gasteiger partial charge in [-0.3, -0.25) is 4.79 Å². The van der Waals surface area contributed by atoms with Crippen LogP contribution in [0, 0.1) is 5.92 Å². The van der Waals surface area contributed by atoms with Gasteiger partial charge >= 0.3 is 0 Å². The minimum absolute atomic E-state index is 0. The largest absolute Gasteiger partial charge is 0.493 e. The molecule has 154 valence electrons. The van der Waals surface area contributed by atoms with E-state index in [2.05, 4.69) is 12.2 Å². The van der Waals surface area contributed by atoms with E-state index in [0.717, 1.165) is 37.0 Å². The molecule has 0 aromatic heterocycles. The molecule has 2 atom stereocenters. The second-order valence-corrected chi connectivity index (χ2v) is 6.82. The normalized spacial score (nSPS) is 16.7. The highest BCUT2D eigenvalue weighted by Gasteiger charge is 2.27. The molecule has 1 aliphatic rings. The summed E-state index contributed by atoms with van der Waals surface area (Å²) >= 11 is 0. The maximum atomic E-state index is 12.5. The summed E-state index contributed by atoms with van der Waals surface area (Å²) in [4.78, 5) is 12.5. The van der Waals surface area contributed by atoms with E-state index in [1.807, 2.05) is 25.1 Å². The van der Waals surface area contributed by atoms with Gasteiger partial charge in [0.2, 0.25) is 5.91 Å². The van der Waals surface area contributed by atoms with Crippen LogP contribution in [0.3, 0.4) is 0 Å². The Hall–Kier alpha value is -1.50. The summed E-state index contributed by atoms with van der Waals surface area (Å²) in [7, 11) is 1.62. The third-order valence-corrected chi connectivity index (χ3v) is 4.88. The SMILES string of the molecule is CCCCOc1ccc(C(C)NC(=O)C(N)C2CCOCC2)cc1OC.Cl.